The number of thiophene rings is 1. The Morgan fingerprint density at radius 1 is 1.42 bits per heavy atom. The number of hydrogen-bond acceptors (Lipinski definition) is 3. The Morgan fingerprint density at radius 2 is 2.05 bits per heavy atom. The van der Waals surface area contributed by atoms with Crippen LogP contribution in [0.15, 0.2) is 16.6 Å². The molecule has 0 aliphatic rings. The summed E-state index contributed by atoms with van der Waals surface area (Å²) in [6.07, 6.45) is -4.69. The van der Waals surface area contributed by atoms with Crippen LogP contribution in [0.4, 0.5) is 13.2 Å². The van der Waals surface area contributed by atoms with Crippen molar-refractivity contribution in [3.63, 3.8) is 0 Å². The first kappa shape index (κ1) is 14.6. The van der Waals surface area contributed by atoms with E-state index in [0.717, 1.165) is 7.11 Å². The smallest absolute Gasteiger partial charge is 0.418 e. The highest BCUT2D eigenvalue weighted by molar-refractivity contribution is 9.10. The van der Waals surface area contributed by atoms with E-state index in [9.17, 15) is 18.0 Å². The standard InChI is InChI=1S/C11H5BrClF3O2S/c1-18-10(17)9-7(11(14,15)16)6-5(13)3-2-4(12)8(6)19-9/h2-3H,1H3. The van der Waals surface area contributed by atoms with Gasteiger partial charge < -0.3 is 4.74 Å². The molecule has 0 amide bonds. The van der Waals surface area contributed by atoms with Crippen LogP contribution in [0.2, 0.25) is 5.02 Å². The molecule has 8 heteroatoms. The summed E-state index contributed by atoms with van der Waals surface area (Å²) in [6, 6.07) is 2.87. The summed E-state index contributed by atoms with van der Waals surface area (Å²) in [5.41, 5.74) is -1.05. The van der Waals surface area contributed by atoms with Crippen LogP contribution in [-0.4, -0.2) is 13.1 Å². The molecule has 0 radical (unpaired) electrons. The molecule has 1 aromatic heterocycles. The van der Waals surface area contributed by atoms with Gasteiger partial charge in [0.15, 0.2) is 0 Å². The molecular formula is C11H5BrClF3O2S. The number of alkyl halides is 3. The highest BCUT2D eigenvalue weighted by Gasteiger charge is 2.40. The lowest BCUT2D eigenvalue weighted by Crippen LogP contribution is -2.11. The Labute approximate surface area is 123 Å². The lowest BCUT2D eigenvalue weighted by molar-refractivity contribution is -0.136. The van der Waals surface area contributed by atoms with E-state index < -0.39 is 22.6 Å². The van der Waals surface area contributed by atoms with Gasteiger partial charge in [-0.25, -0.2) is 4.79 Å². The van der Waals surface area contributed by atoms with E-state index in [4.69, 9.17) is 11.6 Å². The molecule has 0 spiro atoms. The van der Waals surface area contributed by atoms with E-state index in [1.54, 1.807) is 0 Å². The Balaban J connectivity index is 2.94. The van der Waals surface area contributed by atoms with Gasteiger partial charge in [-0.1, -0.05) is 11.6 Å². The zero-order chi connectivity index (χ0) is 14.4. The van der Waals surface area contributed by atoms with E-state index in [0.29, 0.717) is 15.8 Å². The van der Waals surface area contributed by atoms with Gasteiger partial charge in [-0.05, 0) is 28.1 Å². The minimum Gasteiger partial charge on any atom is -0.465 e. The SMILES string of the molecule is COC(=O)c1sc2c(Br)ccc(Cl)c2c1C(F)(F)F. The number of esters is 1. The molecule has 0 saturated carbocycles. The first-order valence-corrected chi connectivity index (χ1v) is 6.82. The quantitative estimate of drug-likeness (QED) is 0.648. The van der Waals surface area contributed by atoms with E-state index in [1.807, 2.05) is 0 Å². The van der Waals surface area contributed by atoms with Crippen LogP contribution in [0.5, 0.6) is 0 Å². The van der Waals surface area contributed by atoms with Gasteiger partial charge in [0.25, 0.3) is 0 Å². The molecule has 0 fully saturated rings. The van der Waals surface area contributed by atoms with Crippen molar-refractivity contribution in [3.8, 4) is 0 Å². The predicted molar refractivity (Wildman–Crippen MR) is 70.9 cm³/mol. The fraction of sp³-hybridized carbons (Fsp3) is 0.182. The maximum atomic E-state index is 13.1. The van der Waals surface area contributed by atoms with Crippen molar-refractivity contribution in [3.05, 3.63) is 32.1 Å². The van der Waals surface area contributed by atoms with Crippen LogP contribution in [0.3, 0.4) is 0 Å². The number of hydrogen-bond donors (Lipinski definition) is 0. The van der Waals surface area contributed by atoms with Crippen LogP contribution >= 0.6 is 38.9 Å². The van der Waals surface area contributed by atoms with Crippen molar-refractivity contribution in [2.24, 2.45) is 0 Å². The number of ether oxygens (including phenoxy) is 1. The van der Waals surface area contributed by atoms with Crippen molar-refractivity contribution in [2.45, 2.75) is 6.18 Å². The van der Waals surface area contributed by atoms with Gasteiger partial charge in [-0.2, -0.15) is 13.2 Å². The zero-order valence-corrected chi connectivity index (χ0v) is 12.4. The van der Waals surface area contributed by atoms with Crippen LogP contribution in [0, 0.1) is 0 Å². The van der Waals surface area contributed by atoms with Crippen molar-refractivity contribution in [1.82, 2.24) is 0 Å². The number of methoxy groups -OCH3 is 1. The second kappa shape index (κ2) is 4.96. The van der Waals surface area contributed by atoms with Gasteiger partial charge in [-0.15, -0.1) is 11.3 Å². The molecule has 0 aliphatic carbocycles. The molecule has 0 saturated heterocycles. The summed E-state index contributed by atoms with van der Waals surface area (Å²) in [7, 11) is 1.03. The molecule has 19 heavy (non-hydrogen) atoms. The summed E-state index contributed by atoms with van der Waals surface area (Å²) in [5.74, 6) is -1.03. The third-order valence-electron chi connectivity index (χ3n) is 2.39. The van der Waals surface area contributed by atoms with Gasteiger partial charge in [0.1, 0.15) is 4.88 Å². The summed E-state index contributed by atoms with van der Waals surface area (Å²) >= 11 is 9.68. The van der Waals surface area contributed by atoms with Crippen molar-refractivity contribution >= 4 is 54.9 Å². The molecule has 0 atom stereocenters. The zero-order valence-electron chi connectivity index (χ0n) is 9.27. The first-order valence-electron chi connectivity index (χ1n) is 4.83. The average molecular weight is 374 g/mol. The largest absolute Gasteiger partial charge is 0.465 e. The fourth-order valence-corrected chi connectivity index (χ4v) is 3.69. The van der Waals surface area contributed by atoms with Crippen LogP contribution in [0.1, 0.15) is 15.2 Å². The molecular weight excluding hydrogens is 369 g/mol. The Kier molecular flexibility index (Phi) is 3.81. The lowest BCUT2D eigenvalue weighted by Gasteiger charge is -2.08. The summed E-state index contributed by atoms with van der Waals surface area (Å²) in [5, 5.41) is -0.245. The number of fused-ring (bicyclic) bond motifs is 1. The molecule has 1 heterocycles. The van der Waals surface area contributed by atoms with Crippen molar-refractivity contribution in [2.75, 3.05) is 7.11 Å². The fourth-order valence-electron chi connectivity index (χ4n) is 1.64. The van der Waals surface area contributed by atoms with Crippen LogP contribution in [-0.2, 0) is 10.9 Å². The molecule has 1 aromatic carbocycles. The molecule has 2 aromatic rings. The number of halogens is 5. The summed E-state index contributed by atoms with van der Waals surface area (Å²) in [4.78, 5) is 11.0. The van der Waals surface area contributed by atoms with Crippen molar-refractivity contribution < 1.29 is 22.7 Å². The normalized spacial score (nSPS) is 11.9. The first-order chi connectivity index (χ1) is 8.77. The molecule has 0 aliphatic heterocycles. The predicted octanol–water partition coefficient (Wildman–Crippen LogP) is 5.12. The molecule has 0 unspecified atom stereocenters. The summed E-state index contributed by atoms with van der Waals surface area (Å²) < 4.78 is 44.5. The van der Waals surface area contributed by atoms with E-state index in [1.165, 1.54) is 12.1 Å². The van der Waals surface area contributed by atoms with Gasteiger partial charge in [0.2, 0.25) is 0 Å². The maximum Gasteiger partial charge on any atom is 0.418 e. The highest BCUT2D eigenvalue weighted by Crippen LogP contribution is 2.47. The van der Waals surface area contributed by atoms with E-state index in [2.05, 4.69) is 20.7 Å². The number of benzene rings is 1. The molecule has 2 nitrogen and oxygen atoms in total. The Morgan fingerprint density at radius 3 is 2.58 bits per heavy atom. The number of carbonyl (C=O) groups excluding carboxylic acids is 1. The number of rotatable bonds is 1. The number of carbonyl (C=O) groups is 1. The summed E-state index contributed by atoms with van der Waals surface area (Å²) in [6.45, 7) is 0. The van der Waals surface area contributed by atoms with Gasteiger partial charge in [0.05, 0.1) is 17.4 Å². The van der Waals surface area contributed by atoms with Gasteiger partial charge in [-0.3, -0.25) is 0 Å². The third kappa shape index (κ3) is 2.46. The molecule has 2 rings (SSSR count). The minimum absolute atomic E-state index is 0.0584. The Hall–Kier alpha value is -0.790. The second-order valence-corrected chi connectivity index (χ2v) is 5.81. The van der Waals surface area contributed by atoms with Crippen molar-refractivity contribution in [1.29, 1.82) is 0 Å². The minimum atomic E-state index is -4.69. The second-order valence-electron chi connectivity index (χ2n) is 3.53. The highest BCUT2D eigenvalue weighted by atomic mass is 79.9. The van der Waals surface area contributed by atoms with E-state index in [-0.39, 0.29) is 15.1 Å². The topological polar surface area (TPSA) is 26.3 Å². The lowest BCUT2D eigenvalue weighted by atomic mass is 10.1. The van der Waals surface area contributed by atoms with Crippen LogP contribution < -0.4 is 0 Å². The van der Waals surface area contributed by atoms with Gasteiger partial charge >= 0.3 is 12.1 Å². The molecule has 102 valence electrons. The maximum absolute atomic E-state index is 13.1. The Bertz CT molecular complexity index is 666. The van der Waals surface area contributed by atoms with Crippen LogP contribution in [0.25, 0.3) is 10.1 Å². The average Bonchev–Trinajstić information content (AvgIpc) is 2.74. The third-order valence-corrected chi connectivity index (χ3v) is 4.84. The van der Waals surface area contributed by atoms with E-state index >= 15 is 0 Å². The monoisotopic (exact) mass is 372 g/mol. The molecule has 0 bridgehead atoms. The van der Waals surface area contributed by atoms with Gasteiger partial charge in [0, 0.05) is 14.9 Å². The molecule has 0 N–H and O–H groups in total.